The van der Waals surface area contributed by atoms with Gasteiger partial charge in [0.25, 0.3) is 0 Å². The van der Waals surface area contributed by atoms with E-state index in [-0.39, 0.29) is 6.04 Å². The number of hydrogen-bond donors (Lipinski definition) is 1. The van der Waals surface area contributed by atoms with Crippen molar-refractivity contribution in [1.29, 1.82) is 0 Å². The molecule has 0 aromatic heterocycles. The van der Waals surface area contributed by atoms with Gasteiger partial charge in [-0.05, 0) is 43.3 Å². The third-order valence-electron chi connectivity index (χ3n) is 3.42. The fraction of sp³-hybridized carbons (Fsp3) is 0.333. The highest BCUT2D eigenvalue weighted by Crippen LogP contribution is 2.30. The van der Waals surface area contributed by atoms with Crippen LogP contribution in [0.15, 0.2) is 53.4 Å². The Kier molecular flexibility index (Phi) is 5.69. The summed E-state index contributed by atoms with van der Waals surface area (Å²) in [7, 11) is 0. The monoisotopic (exact) mass is 285 g/mol. The van der Waals surface area contributed by atoms with Crippen molar-refractivity contribution in [3.8, 4) is 0 Å². The molecule has 0 heterocycles. The van der Waals surface area contributed by atoms with Crippen LogP contribution in [0.25, 0.3) is 0 Å². The van der Waals surface area contributed by atoms with E-state index in [9.17, 15) is 0 Å². The van der Waals surface area contributed by atoms with Gasteiger partial charge in [0, 0.05) is 4.90 Å². The first-order valence-corrected chi connectivity index (χ1v) is 8.41. The maximum atomic E-state index is 3.69. The third-order valence-corrected chi connectivity index (χ3v) is 4.24. The Hall–Kier alpha value is -1.25. The van der Waals surface area contributed by atoms with Crippen LogP contribution in [0.3, 0.4) is 0 Å². The Morgan fingerprint density at radius 2 is 1.90 bits per heavy atom. The standard InChI is InChI=1S/C18H23NS/c1-4-12-19-18(15-9-7-8-14(2)13-15)16-10-5-6-11-17(16)20-3/h5-11,13,18-19H,4,12H2,1-3H3. The lowest BCUT2D eigenvalue weighted by Gasteiger charge is -2.22. The summed E-state index contributed by atoms with van der Waals surface area (Å²) in [5.41, 5.74) is 4.03. The lowest BCUT2D eigenvalue weighted by atomic mass is 9.97. The van der Waals surface area contributed by atoms with Crippen LogP contribution >= 0.6 is 11.8 Å². The van der Waals surface area contributed by atoms with E-state index in [1.807, 2.05) is 11.8 Å². The first-order chi connectivity index (χ1) is 9.76. The fourth-order valence-electron chi connectivity index (χ4n) is 2.45. The highest BCUT2D eigenvalue weighted by molar-refractivity contribution is 7.98. The van der Waals surface area contributed by atoms with Crippen molar-refractivity contribution in [1.82, 2.24) is 5.32 Å². The van der Waals surface area contributed by atoms with Gasteiger partial charge < -0.3 is 5.32 Å². The molecule has 1 unspecified atom stereocenters. The van der Waals surface area contributed by atoms with E-state index in [2.05, 4.69) is 74.0 Å². The Morgan fingerprint density at radius 1 is 1.10 bits per heavy atom. The maximum absolute atomic E-state index is 3.69. The Bertz CT molecular complexity index is 551. The predicted molar refractivity (Wildman–Crippen MR) is 89.5 cm³/mol. The lowest BCUT2D eigenvalue weighted by Crippen LogP contribution is -2.23. The summed E-state index contributed by atoms with van der Waals surface area (Å²) in [6.07, 6.45) is 3.29. The minimum absolute atomic E-state index is 0.276. The second-order valence-electron chi connectivity index (χ2n) is 5.04. The number of hydrogen-bond acceptors (Lipinski definition) is 2. The predicted octanol–water partition coefficient (Wildman–Crippen LogP) is 4.81. The number of nitrogens with one attached hydrogen (secondary N) is 1. The molecule has 0 aliphatic carbocycles. The van der Waals surface area contributed by atoms with Crippen LogP contribution < -0.4 is 5.32 Å². The fourth-order valence-corrected chi connectivity index (χ4v) is 3.09. The van der Waals surface area contributed by atoms with Crippen molar-refractivity contribution in [2.24, 2.45) is 0 Å². The van der Waals surface area contributed by atoms with Crippen LogP contribution in [0.5, 0.6) is 0 Å². The summed E-state index contributed by atoms with van der Waals surface area (Å²) in [4.78, 5) is 1.35. The molecule has 20 heavy (non-hydrogen) atoms. The summed E-state index contributed by atoms with van der Waals surface area (Å²) >= 11 is 1.82. The molecule has 1 atom stereocenters. The molecule has 2 aromatic carbocycles. The lowest BCUT2D eigenvalue weighted by molar-refractivity contribution is 0.591. The van der Waals surface area contributed by atoms with Gasteiger partial charge in [-0.2, -0.15) is 0 Å². The molecule has 2 heteroatoms. The minimum Gasteiger partial charge on any atom is -0.306 e. The summed E-state index contributed by atoms with van der Waals surface area (Å²) in [6, 6.07) is 17.8. The van der Waals surface area contributed by atoms with Crippen LogP contribution in [0.1, 0.15) is 36.1 Å². The van der Waals surface area contributed by atoms with Gasteiger partial charge in [0.2, 0.25) is 0 Å². The van der Waals surface area contributed by atoms with Crippen molar-refractivity contribution in [2.45, 2.75) is 31.2 Å². The van der Waals surface area contributed by atoms with E-state index in [0.29, 0.717) is 0 Å². The summed E-state index contributed by atoms with van der Waals surface area (Å²) in [5.74, 6) is 0. The van der Waals surface area contributed by atoms with Gasteiger partial charge in [-0.1, -0.05) is 55.0 Å². The molecule has 2 aromatic rings. The van der Waals surface area contributed by atoms with E-state index in [4.69, 9.17) is 0 Å². The molecular formula is C18H23NS. The highest BCUT2D eigenvalue weighted by atomic mass is 32.2. The molecule has 0 saturated heterocycles. The molecule has 0 aliphatic rings. The Balaban J connectivity index is 2.41. The van der Waals surface area contributed by atoms with Gasteiger partial charge in [-0.25, -0.2) is 0 Å². The van der Waals surface area contributed by atoms with Crippen LogP contribution in [0.2, 0.25) is 0 Å². The zero-order valence-corrected chi connectivity index (χ0v) is 13.3. The second kappa shape index (κ2) is 7.51. The number of aryl methyl sites for hydroxylation is 1. The van der Waals surface area contributed by atoms with E-state index < -0.39 is 0 Å². The zero-order chi connectivity index (χ0) is 14.4. The normalized spacial score (nSPS) is 12.3. The van der Waals surface area contributed by atoms with Crippen molar-refractivity contribution in [3.63, 3.8) is 0 Å². The smallest absolute Gasteiger partial charge is 0.0587 e. The topological polar surface area (TPSA) is 12.0 Å². The number of rotatable bonds is 6. The van der Waals surface area contributed by atoms with Crippen molar-refractivity contribution >= 4 is 11.8 Å². The molecule has 2 rings (SSSR count). The third kappa shape index (κ3) is 3.65. The summed E-state index contributed by atoms with van der Waals surface area (Å²) < 4.78 is 0. The molecule has 1 N–H and O–H groups in total. The number of thioether (sulfide) groups is 1. The van der Waals surface area contributed by atoms with Gasteiger partial charge >= 0.3 is 0 Å². The van der Waals surface area contributed by atoms with Gasteiger partial charge in [-0.15, -0.1) is 11.8 Å². The number of benzene rings is 2. The maximum Gasteiger partial charge on any atom is 0.0587 e. The van der Waals surface area contributed by atoms with Crippen molar-refractivity contribution < 1.29 is 0 Å². The summed E-state index contributed by atoms with van der Waals surface area (Å²) in [5, 5.41) is 3.69. The molecular weight excluding hydrogens is 262 g/mol. The van der Waals surface area contributed by atoms with Gasteiger partial charge in [0.1, 0.15) is 0 Å². The molecule has 0 saturated carbocycles. The van der Waals surface area contributed by atoms with E-state index in [0.717, 1.165) is 13.0 Å². The molecule has 1 nitrogen and oxygen atoms in total. The highest BCUT2D eigenvalue weighted by Gasteiger charge is 2.16. The SMILES string of the molecule is CCCNC(c1cccc(C)c1)c1ccccc1SC. The summed E-state index contributed by atoms with van der Waals surface area (Å²) in [6.45, 7) is 5.39. The first kappa shape index (κ1) is 15.1. The van der Waals surface area contributed by atoms with Crippen LogP contribution in [0, 0.1) is 6.92 Å². The van der Waals surface area contributed by atoms with E-state index >= 15 is 0 Å². The van der Waals surface area contributed by atoms with Crippen LogP contribution in [-0.4, -0.2) is 12.8 Å². The molecule has 0 spiro atoms. The molecule has 0 amide bonds. The quantitative estimate of drug-likeness (QED) is 0.765. The average molecular weight is 285 g/mol. The average Bonchev–Trinajstić information content (AvgIpc) is 2.48. The molecule has 106 valence electrons. The first-order valence-electron chi connectivity index (χ1n) is 7.19. The molecule has 0 aliphatic heterocycles. The van der Waals surface area contributed by atoms with Gasteiger partial charge in [0.15, 0.2) is 0 Å². The van der Waals surface area contributed by atoms with Gasteiger partial charge in [0.05, 0.1) is 6.04 Å². The zero-order valence-electron chi connectivity index (χ0n) is 12.5. The van der Waals surface area contributed by atoms with E-state index in [1.54, 1.807) is 0 Å². The second-order valence-corrected chi connectivity index (χ2v) is 5.89. The Labute approximate surface area is 126 Å². The molecule has 0 fully saturated rings. The minimum atomic E-state index is 0.276. The van der Waals surface area contributed by atoms with E-state index in [1.165, 1.54) is 21.6 Å². The molecule has 0 bridgehead atoms. The van der Waals surface area contributed by atoms with Crippen LogP contribution in [0.4, 0.5) is 0 Å². The molecule has 0 radical (unpaired) electrons. The Morgan fingerprint density at radius 3 is 2.60 bits per heavy atom. The van der Waals surface area contributed by atoms with Crippen molar-refractivity contribution in [3.05, 3.63) is 65.2 Å². The van der Waals surface area contributed by atoms with Crippen molar-refractivity contribution in [2.75, 3.05) is 12.8 Å². The van der Waals surface area contributed by atoms with Crippen LogP contribution in [-0.2, 0) is 0 Å². The largest absolute Gasteiger partial charge is 0.306 e. The van der Waals surface area contributed by atoms with Gasteiger partial charge in [-0.3, -0.25) is 0 Å².